The van der Waals surface area contributed by atoms with Crippen LogP contribution in [-0.2, 0) is 0 Å². The van der Waals surface area contributed by atoms with Gasteiger partial charge in [-0.05, 0) is 12.8 Å². The van der Waals surface area contributed by atoms with Crippen LogP contribution in [0, 0.1) is 11.8 Å². The molecule has 3 rings (SSSR count). The van der Waals surface area contributed by atoms with Crippen molar-refractivity contribution in [1.29, 1.82) is 0 Å². The molecule has 4 nitrogen and oxygen atoms in total. The Balaban J connectivity index is 1.69. The first-order chi connectivity index (χ1) is 10.7. The highest BCUT2D eigenvalue weighted by atomic mass is 15.1. The van der Waals surface area contributed by atoms with Crippen LogP contribution in [0.4, 0.5) is 0 Å². The van der Waals surface area contributed by atoms with E-state index < -0.39 is 0 Å². The average Bonchev–Trinajstić information content (AvgIpc) is 2.53. The van der Waals surface area contributed by atoms with Gasteiger partial charge in [0.25, 0.3) is 0 Å². The van der Waals surface area contributed by atoms with Crippen LogP contribution in [0.25, 0.3) is 0 Å². The summed E-state index contributed by atoms with van der Waals surface area (Å²) >= 11 is 0. The predicted octanol–water partition coefficient (Wildman–Crippen LogP) is 1.72. The van der Waals surface area contributed by atoms with Gasteiger partial charge in [0, 0.05) is 61.5 Å². The summed E-state index contributed by atoms with van der Waals surface area (Å²) in [5.74, 6) is 1.02. The molecule has 4 N–H and O–H groups in total. The minimum absolute atomic E-state index is 0.507. The van der Waals surface area contributed by atoms with Crippen molar-refractivity contribution in [3.05, 3.63) is 23.0 Å². The van der Waals surface area contributed by atoms with Crippen molar-refractivity contribution in [1.82, 2.24) is 21.3 Å². The zero-order valence-corrected chi connectivity index (χ0v) is 14.3. The summed E-state index contributed by atoms with van der Waals surface area (Å²) < 4.78 is 0. The fraction of sp³-hybridized carbons (Fsp3) is 0.778. The summed E-state index contributed by atoms with van der Waals surface area (Å²) in [6.07, 6.45) is 6.15. The molecule has 0 radical (unpaired) electrons. The molecular formula is C18H32N4. The molecule has 0 saturated carbocycles. The van der Waals surface area contributed by atoms with Crippen LogP contribution in [0.2, 0.25) is 0 Å². The van der Waals surface area contributed by atoms with E-state index >= 15 is 0 Å². The van der Waals surface area contributed by atoms with Gasteiger partial charge in [0.2, 0.25) is 0 Å². The van der Waals surface area contributed by atoms with Crippen LogP contribution >= 0.6 is 0 Å². The molecule has 4 heteroatoms. The number of rotatable bonds is 4. The average molecular weight is 304 g/mol. The Labute approximate surface area is 135 Å². The number of piperazine rings is 1. The zero-order valence-electron chi connectivity index (χ0n) is 14.3. The lowest BCUT2D eigenvalue weighted by atomic mass is 9.80. The van der Waals surface area contributed by atoms with Crippen LogP contribution in [0.15, 0.2) is 23.0 Å². The summed E-state index contributed by atoms with van der Waals surface area (Å²) in [6, 6.07) is 1.17. The van der Waals surface area contributed by atoms with Gasteiger partial charge in [-0.3, -0.25) is 0 Å². The number of hydrogen-bond donors (Lipinski definition) is 4. The van der Waals surface area contributed by atoms with E-state index in [1.165, 1.54) is 24.2 Å². The minimum Gasteiger partial charge on any atom is -0.384 e. The van der Waals surface area contributed by atoms with Crippen molar-refractivity contribution in [3.8, 4) is 0 Å². The van der Waals surface area contributed by atoms with Gasteiger partial charge in [-0.2, -0.15) is 0 Å². The van der Waals surface area contributed by atoms with E-state index in [0.717, 1.165) is 32.6 Å². The zero-order chi connectivity index (χ0) is 15.5. The Bertz CT molecular complexity index is 448. The SMILES string of the molecule is CCC[C@@H]1CNC2=C(N1)C(C)C(C[C@H]1CNCCN1)=CC2C. The van der Waals surface area contributed by atoms with E-state index in [2.05, 4.69) is 48.1 Å². The van der Waals surface area contributed by atoms with Crippen LogP contribution in [0.3, 0.4) is 0 Å². The first kappa shape index (κ1) is 15.9. The Morgan fingerprint density at radius 3 is 2.68 bits per heavy atom. The molecule has 3 aliphatic rings. The molecule has 1 aliphatic carbocycles. The summed E-state index contributed by atoms with van der Waals surface area (Å²) in [4.78, 5) is 0. The molecule has 2 unspecified atom stereocenters. The largest absolute Gasteiger partial charge is 0.384 e. The summed E-state index contributed by atoms with van der Waals surface area (Å²) in [5, 5.41) is 14.7. The van der Waals surface area contributed by atoms with Crippen molar-refractivity contribution in [2.75, 3.05) is 26.2 Å². The first-order valence-corrected chi connectivity index (χ1v) is 9.08. The monoisotopic (exact) mass is 304 g/mol. The first-order valence-electron chi connectivity index (χ1n) is 9.08. The predicted molar refractivity (Wildman–Crippen MR) is 92.5 cm³/mol. The van der Waals surface area contributed by atoms with Crippen LogP contribution in [-0.4, -0.2) is 38.3 Å². The molecule has 124 valence electrons. The van der Waals surface area contributed by atoms with E-state index in [4.69, 9.17) is 0 Å². The van der Waals surface area contributed by atoms with E-state index in [1.807, 2.05) is 0 Å². The Hall–Kier alpha value is -1.00. The molecule has 0 aromatic carbocycles. The lowest BCUT2D eigenvalue weighted by molar-refractivity contribution is 0.386. The normalized spacial score (nSPS) is 35.3. The van der Waals surface area contributed by atoms with Crippen molar-refractivity contribution >= 4 is 0 Å². The van der Waals surface area contributed by atoms with Crippen LogP contribution < -0.4 is 21.3 Å². The van der Waals surface area contributed by atoms with Crippen molar-refractivity contribution in [2.45, 2.75) is 52.1 Å². The summed E-state index contributed by atoms with van der Waals surface area (Å²) in [5.41, 5.74) is 4.48. The van der Waals surface area contributed by atoms with E-state index in [1.54, 1.807) is 5.57 Å². The number of allylic oxidation sites excluding steroid dienone is 2. The lowest BCUT2D eigenvalue weighted by Crippen LogP contribution is -2.50. The van der Waals surface area contributed by atoms with Gasteiger partial charge in [-0.25, -0.2) is 0 Å². The van der Waals surface area contributed by atoms with Gasteiger partial charge >= 0.3 is 0 Å². The highest BCUT2D eigenvalue weighted by Gasteiger charge is 2.31. The molecule has 2 aliphatic heterocycles. The summed E-state index contributed by atoms with van der Waals surface area (Å²) in [7, 11) is 0. The van der Waals surface area contributed by atoms with Gasteiger partial charge in [0.1, 0.15) is 0 Å². The Morgan fingerprint density at radius 2 is 1.95 bits per heavy atom. The van der Waals surface area contributed by atoms with E-state index in [-0.39, 0.29) is 0 Å². The van der Waals surface area contributed by atoms with Gasteiger partial charge in [-0.15, -0.1) is 0 Å². The van der Waals surface area contributed by atoms with Crippen molar-refractivity contribution < 1.29 is 0 Å². The molecular weight excluding hydrogens is 272 g/mol. The summed E-state index contributed by atoms with van der Waals surface area (Å²) in [6.45, 7) is 11.3. The molecule has 1 saturated heterocycles. The van der Waals surface area contributed by atoms with Gasteiger partial charge < -0.3 is 21.3 Å². The maximum atomic E-state index is 3.84. The third-order valence-corrected chi connectivity index (χ3v) is 5.34. The molecule has 0 bridgehead atoms. The Kier molecular flexibility index (Phi) is 5.09. The fourth-order valence-corrected chi connectivity index (χ4v) is 4.09. The van der Waals surface area contributed by atoms with Crippen LogP contribution in [0.1, 0.15) is 40.0 Å². The third-order valence-electron chi connectivity index (χ3n) is 5.34. The smallest absolute Gasteiger partial charge is 0.0431 e. The minimum atomic E-state index is 0.507. The van der Waals surface area contributed by atoms with E-state index in [9.17, 15) is 0 Å². The fourth-order valence-electron chi connectivity index (χ4n) is 4.09. The highest BCUT2D eigenvalue weighted by Crippen LogP contribution is 2.35. The molecule has 4 atom stereocenters. The number of nitrogens with one attached hydrogen (secondary N) is 4. The quantitative estimate of drug-likeness (QED) is 0.598. The van der Waals surface area contributed by atoms with Crippen LogP contribution in [0.5, 0.6) is 0 Å². The molecule has 0 aromatic heterocycles. The van der Waals surface area contributed by atoms with Gasteiger partial charge in [-0.1, -0.05) is 38.8 Å². The maximum absolute atomic E-state index is 3.84. The molecule has 0 aromatic rings. The molecule has 0 spiro atoms. The topological polar surface area (TPSA) is 48.1 Å². The second-order valence-corrected chi connectivity index (χ2v) is 7.15. The second-order valence-electron chi connectivity index (χ2n) is 7.15. The van der Waals surface area contributed by atoms with Gasteiger partial charge in [0.05, 0.1) is 0 Å². The third kappa shape index (κ3) is 3.33. The van der Waals surface area contributed by atoms with Gasteiger partial charge in [0.15, 0.2) is 0 Å². The second kappa shape index (κ2) is 7.05. The lowest BCUT2D eigenvalue weighted by Gasteiger charge is -2.40. The van der Waals surface area contributed by atoms with Crippen molar-refractivity contribution in [3.63, 3.8) is 0 Å². The highest BCUT2D eigenvalue weighted by molar-refractivity contribution is 5.35. The van der Waals surface area contributed by atoms with Crippen molar-refractivity contribution in [2.24, 2.45) is 11.8 Å². The van der Waals surface area contributed by atoms with E-state index in [0.29, 0.717) is 23.9 Å². The number of hydrogen-bond acceptors (Lipinski definition) is 4. The molecule has 2 heterocycles. The molecule has 22 heavy (non-hydrogen) atoms. The molecule has 0 amide bonds. The maximum Gasteiger partial charge on any atom is 0.0431 e. The Morgan fingerprint density at radius 1 is 1.09 bits per heavy atom. The standard InChI is InChI=1S/C18H32N4/c1-4-5-15-11-21-17-12(2)8-14(13(3)18(17)22-15)9-16-10-19-6-7-20-16/h8,12-13,15-16,19-22H,4-7,9-11H2,1-3H3/t12?,13?,15-,16+/m1/s1. The molecule has 1 fully saturated rings.